The van der Waals surface area contributed by atoms with Crippen molar-refractivity contribution in [1.29, 1.82) is 10.5 Å². The maximum Gasteiger partial charge on any atom is 0.182 e. The van der Waals surface area contributed by atoms with E-state index in [1.54, 1.807) is 6.07 Å². The smallest absolute Gasteiger partial charge is 0.182 e. The summed E-state index contributed by atoms with van der Waals surface area (Å²) in [6.45, 7) is 0. The van der Waals surface area contributed by atoms with Crippen LogP contribution in [0.3, 0.4) is 0 Å². The van der Waals surface area contributed by atoms with E-state index in [0.717, 1.165) is 22.4 Å². The lowest BCUT2D eigenvalue weighted by Crippen LogP contribution is -2.00. The number of nitrogens with one attached hydrogen (secondary N) is 1. The maximum absolute atomic E-state index is 9.34. The average Bonchev–Trinajstić information content (AvgIpc) is 2.63. The van der Waals surface area contributed by atoms with Crippen LogP contribution < -0.4 is 5.32 Å². The quantitative estimate of drug-likeness (QED) is 0.581. The van der Waals surface area contributed by atoms with Gasteiger partial charge in [0.1, 0.15) is 6.07 Å². The van der Waals surface area contributed by atoms with Crippen molar-refractivity contribution in [2.45, 2.75) is 0 Å². The number of nitriles is 2. The molecule has 23 heavy (non-hydrogen) atoms. The summed E-state index contributed by atoms with van der Waals surface area (Å²) in [5, 5.41) is 20.7. The molecule has 2 aromatic carbocycles. The van der Waals surface area contributed by atoms with Crippen LogP contribution in [-0.2, 0) is 0 Å². The van der Waals surface area contributed by atoms with Gasteiger partial charge in [-0.05, 0) is 11.6 Å². The Kier molecular flexibility index (Phi) is 4.00. The van der Waals surface area contributed by atoms with E-state index in [4.69, 9.17) is 5.26 Å². The van der Waals surface area contributed by atoms with Crippen LogP contribution in [0.25, 0.3) is 22.4 Å². The van der Waals surface area contributed by atoms with Crippen molar-refractivity contribution in [2.75, 3.05) is 5.32 Å². The Morgan fingerprint density at radius 3 is 2.00 bits per heavy atom. The second kappa shape index (κ2) is 6.43. The number of rotatable bonds is 3. The number of anilines is 1. The van der Waals surface area contributed by atoms with Gasteiger partial charge in [-0.25, -0.2) is 4.98 Å². The first-order valence-corrected chi connectivity index (χ1v) is 7.04. The van der Waals surface area contributed by atoms with Gasteiger partial charge in [-0.2, -0.15) is 10.5 Å². The summed E-state index contributed by atoms with van der Waals surface area (Å²) in [5.41, 5.74) is 3.83. The van der Waals surface area contributed by atoms with E-state index in [9.17, 15) is 5.26 Å². The van der Waals surface area contributed by atoms with Gasteiger partial charge in [-0.1, -0.05) is 60.7 Å². The van der Waals surface area contributed by atoms with Crippen LogP contribution in [0.4, 0.5) is 5.82 Å². The molecule has 0 aliphatic heterocycles. The number of benzene rings is 2. The molecule has 3 aromatic rings. The molecule has 0 radical (unpaired) electrons. The topological polar surface area (TPSA) is 72.5 Å². The first-order valence-electron chi connectivity index (χ1n) is 7.04. The molecule has 3 rings (SSSR count). The van der Waals surface area contributed by atoms with Crippen molar-refractivity contribution in [3.63, 3.8) is 0 Å². The molecule has 0 aliphatic carbocycles. The molecule has 4 nitrogen and oxygen atoms in total. The lowest BCUT2D eigenvalue weighted by molar-refractivity contribution is 1.28. The van der Waals surface area contributed by atoms with E-state index < -0.39 is 0 Å². The number of aromatic nitrogens is 1. The van der Waals surface area contributed by atoms with Crippen LogP contribution in [0.5, 0.6) is 0 Å². The Bertz CT molecular complexity index is 904. The highest BCUT2D eigenvalue weighted by Crippen LogP contribution is 2.33. The highest BCUT2D eigenvalue weighted by atomic mass is 15.0. The lowest BCUT2D eigenvalue weighted by Gasteiger charge is -2.12. The van der Waals surface area contributed by atoms with Crippen LogP contribution >= 0.6 is 0 Å². The fraction of sp³-hybridized carbons (Fsp3) is 0. The summed E-state index contributed by atoms with van der Waals surface area (Å²) >= 11 is 0. The Hall–Kier alpha value is -3.63. The predicted octanol–water partition coefficient (Wildman–Crippen LogP) is 4.18. The monoisotopic (exact) mass is 296 g/mol. The molecule has 1 heterocycles. The molecule has 1 N–H and O–H groups in total. The Morgan fingerprint density at radius 1 is 0.826 bits per heavy atom. The molecule has 0 unspecified atom stereocenters. The predicted molar refractivity (Wildman–Crippen MR) is 89.1 cm³/mol. The summed E-state index contributed by atoms with van der Waals surface area (Å²) in [6.07, 6.45) is 1.83. The summed E-state index contributed by atoms with van der Waals surface area (Å²) in [6, 6.07) is 23.3. The van der Waals surface area contributed by atoms with Gasteiger partial charge in [0.05, 0.1) is 11.3 Å². The van der Waals surface area contributed by atoms with Crippen molar-refractivity contribution in [3.8, 4) is 34.6 Å². The standard InChI is InChI=1S/C19H12N4/c20-12-16-11-17(14-7-3-1-4-8-14)18(23-19(16)22-13-21)15-9-5-2-6-10-15/h1-11H,(H,22,23). The highest BCUT2D eigenvalue weighted by Gasteiger charge is 2.14. The summed E-state index contributed by atoms with van der Waals surface area (Å²) < 4.78 is 0. The third-order valence-corrected chi connectivity index (χ3v) is 3.45. The molecule has 0 bridgehead atoms. The van der Waals surface area contributed by atoms with Crippen molar-refractivity contribution < 1.29 is 0 Å². The lowest BCUT2D eigenvalue weighted by atomic mass is 9.97. The zero-order chi connectivity index (χ0) is 16.1. The van der Waals surface area contributed by atoms with Crippen molar-refractivity contribution >= 4 is 5.82 Å². The van der Waals surface area contributed by atoms with E-state index in [0.29, 0.717) is 5.56 Å². The van der Waals surface area contributed by atoms with Gasteiger partial charge in [0, 0.05) is 11.1 Å². The van der Waals surface area contributed by atoms with Gasteiger partial charge in [0.15, 0.2) is 12.0 Å². The van der Waals surface area contributed by atoms with Gasteiger partial charge < -0.3 is 0 Å². The fourth-order valence-corrected chi connectivity index (χ4v) is 2.40. The molecule has 0 aliphatic rings. The number of nitrogens with zero attached hydrogens (tertiary/aromatic N) is 3. The summed E-state index contributed by atoms with van der Waals surface area (Å²) in [4.78, 5) is 4.52. The SMILES string of the molecule is N#CNc1nc(-c2ccccc2)c(-c2ccccc2)cc1C#N. The normalized spacial score (nSPS) is 9.65. The van der Waals surface area contributed by atoms with Crippen molar-refractivity contribution in [3.05, 3.63) is 72.3 Å². The maximum atomic E-state index is 9.34. The second-order valence-corrected chi connectivity index (χ2v) is 4.86. The number of pyridine rings is 1. The first-order chi connectivity index (χ1) is 11.3. The van der Waals surface area contributed by atoms with Gasteiger partial charge in [-0.3, -0.25) is 5.32 Å². The number of hydrogen-bond acceptors (Lipinski definition) is 4. The minimum Gasteiger partial charge on any atom is -0.276 e. The molecule has 4 heteroatoms. The zero-order valence-corrected chi connectivity index (χ0v) is 12.2. The molecule has 0 saturated carbocycles. The van der Waals surface area contributed by atoms with Gasteiger partial charge >= 0.3 is 0 Å². The highest BCUT2D eigenvalue weighted by molar-refractivity contribution is 5.83. The Morgan fingerprint density at radius 2 is 1.43 bits per heavy atom. The molecular formula is C19H12N4. The van der Waals surface area contributed by atoms with Crippen LogP contribution in [-0.4, -0.2) is 4.98 Å². The minimum atomic E-state index is 0.272. The molecule has 108 valence electrons. The van der Waals surface area contributed by atoms with Crippen LogP contribution in [0.2, 0.25) is 0 Å². The van der Waals surface area contributed by atoms with Crippen LogP contribution in [0, 0.1) is 22.8 Å². The summed E-state index contributed by atoms with van der Waals surface area (Å²) in [7, 11) is 0. The van der Waals surface area contributed by atoms with Gasteiger partial charge in [0.25, 0.3) is 0 Å². The molecule has 0 saturated heterocycles. The fourth-order valence-electron chi connectivity index (χ4n) is 2.40. The van der Waals surface area contributed by atoms with E-state index >= 15 is 0 Å². The molecular weight excluding hydrogens is 284 g/mol. The molecule has 0 atom stereocenters. The summed E-state index contributed by atoms with van der Waals surface area (Å²) in [5.74, 6) is 0.272. The largest absolute Gasteiger partial charge is 0.276 e. The van der Waals surface area contributed by atoms with Crippen molar-refractivity contribution in [2.24, 2.45) is 0 Å². The molecule has 0 fully saturated rings. The van der Waals surface area contributed by atoms with E-state index in [1.807, 2.05) is 66.9 Å². The van der Waals surface area contributed by atoms with Gasteiger partial charge in [-0.15, -0.1) is 0 Å². The molecule has 0 amide bonds. The third-order valence-electron chi connectivity index (χ3n) is 3.45. The van der Waals surface area contributed by atoms with Gasteiger partial charge in [0.2, 0.25) is 0 Å². The Labute approximate surface area is 134 Å². The average molecular weight is 296 g/mol. The molecule has 1 aromatic heterocycles. The Balaban J connectivity index is 2.29. The van der Waals surface area contributed by atoms with Crippen LogP contribution in [0.15, 0.2) is 66.7 Å². The minimum absolute atomic E-state index is 0.272. The van der Waals surface area contributed by atoms with E-state index in [-0.39, 0.29) is 5.82 Å². The first kappa shape index (κ1) is 14.3. The zero-order valence-electron chi connectivity index (χ0n) is 12.2. The molecule has 0 spiro atoms. The number of hydrogen-bond donors (Lipinski definition) is 1. The second-order valence-electron chi connectivity index (χ2n) is 4.86. The van der Waals surface area contributed by atoms with Crippen molar-refractivity contribution in [1.82, 2.24) is 4.98 Å². The van der Waals surface area contributed by atoms with E-state index in [2.05, 4.69) is 16.4 Å². The third kappa shape index (κ3) is 2.88. The van der Waals surface area contributed by atoms with E-state index in [1.165, 1.54) is 0 Å². The van der Waals surface area contributed by atoms with Crippen LogP contribution in [0.1, 0.15) is 5.56 Å².